The minimum absolute atomic E-state index is 0.0673. The molecule has 0 aromatic carbocycles. The van der Waals surface area contributed by atoms with Gasteiger partial charge in [-0.1, -0.05) is 19.8 Å². The second-order valence-corrected chi connectivity index (χ2v) is 5.23. The van der Waals surface area contributed by atoms with E-state index in [-0.39, 0.29) is 5.91 Å². The van der Waals surface area contributed by atoms with E-state index < -0.39 is 11.1 Å². The smallest absolute Gasteiger partial charge is 0.246 e. The van der Waals surface area contributed by atoms with Gasteiger partial charge in [0.15, 0.2) is 0 Å². The summed E-state index contributed by atoms with van der Waals surface area (Å²) >= 11 is 0. The first kappa shape index (κ1) is 14.0. The molecule has 0 unspecified atom stereocenters. The number of carbonyl (C=O) groups excluding carboxylic acids is 1. The predicted octanol–water partition coefficient (Wildman–Crippen LogP) is 1.49. The Kier molecular flexibility index (Phi) is 3.85. The number of terminal acetylenes is 1. The molecule has 1 aliphatic rings. The molecule has 4 heteroatoms. The summed E-state index contributed by atoms with van der Waals surface area (Å²) in [7, 11) is 0. The van der Waals surface area contributed by atoms with Crippen molar-refractivity contribution < 1.29 is 10.0 Å². The lowest BCUT2D eigenvalue weighted by molar-refractivity contribution is -0.256. The summed E-state index contributed by atoms with van der Waals surface area (Å²) in [5.74, 6) is 2.44. The van der Waals surface area contributed by atoms with Crippen LogP contribution in [0.25, 0.3) is 0 Å². The summed E-state index contributed by atoms with van der Waals surface area (Å²) in [6, 6.07) is 0. The molecule has 17 heavy (non-hydrogen) atoms. The van der Waals surface area contributed by atoms with Crippen LogP contribution in [0, 0.1) is 12.3 Å². The van der Waals surface area contributed by atoms with Crippen molar-refractivity contribution in [1.82, 2.24) is 9.96 Å². The van der Waals surface area contributed by atoms with Crippen LogP contribution in [0.5, 0.6) is 0 Å². The first-order valence-electron chi connectivity index (χ1n) is 6.07. The van der Waals surface area contributed by atoms with Gasteiger partial charge in [-0.15, -0.1) is 6.42 Å². The van der Waals surface area contributed by atoms with E-state index in [1.165, 1.54) is 5.06 Å². The van der Waals surface area contributed by atoms with Gasteiger partial charge in [0, 0.05) is 6.54 Å². The minimum atomic E-state index is -0.835. The molecule has 0 atom stereocenters. The van der Waals surface area contributed by atoms with Crippen LogP contribution in [0.1, 0.15) is 40.5 Å². The Balaban J connectivity index is 3.17. The molecule has 96 valence electrons. The van der Waals surface area contributed by atoms with Crippen molar-refractivity contribution in [2.24, 2.45) is 0 Å². The van der Waals surface area contributed by atoms with Gasteiger partial charge in [-0.3, -0.25) is 4.79 Å². The zero-order valence-corrected chi connectivity index (χ0v) is 11.2. The quantitative estimate of drug-likeness (QED) is 0.758. The highest BCUT2D eigenvalue weighted by Crippen LogP contribution is 2.36. The highest BCUT2D eigenvalue weighted by Gasteiger charge is 2.53. The van der Waals surface area contributed by atoms with Gasteiger partial charge in [-0.05, 0) is 26.7 Å². The molecule has 0 bridgehead atoms. The second-order valence-electron chi connectivity index (χ2n) is 5.23. The Hall–Kier alpha value is -1.05. The largest absolute Gasteiger partial charge is 0.328 e. The van der Waals surface area contributed by atoms with Crippen LogP contribution in [0.15, 0.2) is 0 Å². The number of piperazine rings is 1. The van der Waals surface area contributed by atoms with Crippen LogP contribution >= 0.6 is 0 Å². The number of carbonyl (C=O) groups is 1. The highest BCUT2D eigenvalue weighted by atomic mass is 16.5. The summed E-state index contributed by atoms with van der Waals surface area (Å²) in [4.78, 5) is 14.1. The molecule has 1 N–H and O–H groups in total. The molecule has 0 spiro atoms. The van der Waals surface area contributed by atoms with E-state index >= 15 is 0 Å². The molecule has 1 fully saturated rings. The fourth-order valence-corrected chi connectivity index (χ4v) is 2.66. The summed E-state index contributed by atoms with van der Waals surface area (Å²) in [6.45, 7) is 8.43. The van der Waals surface area contributed by atoms with E-state index in [0.717, 1.165) is 0 Å². The number of nitrogens with zero attached hydrogens (tertiary/aromatic N) is 2. The van der Waals surface area contributed by atoms with Crippen LogP contribution in [0.2, 0.25) is 0 Å². The highest BCUT2D eigenvalue weighted by molar-refractivity contribution is 5.87. The van der Waals surface area contributed by atoms with Crippen molar-refractivity contribution in [3.05, 3.63) is 0 Å². The van der Waals surface area contributed by atoms with Crippen molar-refractivity contribution in [2.45, 2.75) is 51.6 Å². The third-order valence-corrected chi connectivity index (χ3v) is 3.69. The molecule has 1 rings (SSSR count). The first-order chi connectivity index (χ1) is 7.85. The van der Waals surface area contributed by atoms with Crippen molar-refractivity contribution in [2.75, 3.05) is 13.1 Å². The van der Waals surface area contributed by atoms with Crippen molar-refractivity contribution in [1.29, 1.82) is 0 Å². The molecule has 0 radical (unpaired) electrons. The first-order valence-corrected chi connectivity index (χ1v) is 6.07. The molecule has 1 saturated heterocycles. The van der Waals surface area contributed by atoms with Gasteiger partial charge in [-0.25, -0.2) is 0 Å². The molecule has 1 aliphatic heterocycles. The fraction of sp³-hybridized carbons (Fsp3) is 0.769. The lowest BCUT2D eigenvalue weighted by Crippen LogP contribution is -2.71. The average molecular weight is 238 g/mol. The van der Waals surface area contributed by atoms with E-state index in [1.54, 1.807) is 4.90 Å². The lowest BCUT2D eigenvalue weighted by Gasteiger charge is -2.53. The van der Waals surface area contributed by atoms with Crippen LogP contribution < -0.4 is 0 Å². The van der Waals surface area contributed by atoms with Crippen LogP contribution in [0.4, 0.5) is 0 Å². The molecule has 0 aromatic heterocycles. The molecule has 1 heterocycles. The number of hydroxylamine groups is 2. The summed E-state index contributed by atoms with van der Waals surface area (Å²) in [5.41, 5.74) is -1.31. The molecule has 0 aliphatic carbocycles. The molecular formula is C13H22N2O2. The Labute approximate surface area is 104 Å². The maximum atomic E-state index is 12.4. The van der Waals surface area contributed by atoms with Gasteiger partial charge < -0.3 is 10.1 Å². The zero-order valence-electron chi connectivity index (χ0n) is 11.2. The summed E-state index contributed by atoms with van der Waals surface area (Å²) in [6.07, 6.45) is 6.44. The molecule has 4 nitrogen and oxygen atoms in total. The Morgan fingerprint density at radius 2 is 1.94 bits per heavy atom. The van der Waals surface area contributed by atoms with Gasteiger partial charge in [0.2, 0.25) is 5.91 Å². The van der Waals surface area contributed by atoms with Crippen molar-refractivity contribution in [3.63, 3.8) is 0 Å². The van der Waals surface area contributed by atoms with Gasteiger partial charge >= 0.3 is 0 Å². The van der Waals surface area contributed by atoms with E-state index in [1.807, 2.05) is 27.7 Å². The maximum Gasteiger partial charge on any atom is 0.246 e. The van der Waals surface area contributed by atoms with Gasteiger partial charge in [0.05, 0.1) is 12.1 Å². The van der Waals surface area contributed by atoms with E-state index in [4.69, 9.17) is 6.42 Å². The Morgan fingerprint density at radius 3 is 2.35 bits per heavy atom. The predicted molar refractivity (Wildman–Crippen MR) is 66.4 cm³/mol. The SMILES string of the molecule is C#CCN1CC(C)(C)N(O)C(CC)(CC)C1=O. The second kappa shape index (κ2) is 4.67. The minimum Gasteiger partial charge on any atom is -0.328 e. The molecule has 0 aromatic rings. The lowest BCUT2D eigenvalue weighted by atomic mass is 9.83. The number of hydrogen-bond donors (Lipinski definition) is 1. The van der Waals surface area contributed by atoms with Crippen molar-refractivity contribution >= 4 is 5.91 Å². The zero-order chi connectivity index (χ0) is 13.3. The average Bonchev–Trinajstić information content (AvgIpc) is 2.28. The van der Waals surface area contributed by atoms with Crippen molar-refractivity contribution in [3.8, 4) is 12.3 Å². The summed E-state index contributed by atoms with van der Waals surface area (Å²) in [5, 5.41) is 11.6. The monoisotopic (exact) mass is 238 g/mol. The molecule has 0 saturated carbocycles. The van der Waals surface area contributed by atoms with Crippen LogP contribution in [-0.4, -0.2) is 45.2 Å². The van der Waals surface area contributed by atoms with E-state index in [0.29, 0.717) is 25.9 Å². The number of rotatable bonds is 3. The van der Waals surface area contributed by atoms with Gasteiger partial charge in [0.1, 0.15) is 5.54 Å². The Morgan fingerprint density at radius 1 is 1.41 bits per heavy atom. The van der Waals surface area contributed by atoms with Crippen LogP contribution in [0.3, 0.4) is 0 Å². The fourth-order valence-electron chi connectivity index (χ4n) is 2.66. The molecule has 1 amide bonds. The van der Waals surface area contributed by atoms with Crippen LogP contribution in [-0.2, 0) is 4.79 Å². The van der Waals surface area contributed by atoms with E-state index in [9.17, 15) is 10.0 Å². The third-order valence-electron chi connectivity index (χ3n) is 3.69. The number of amides is 1. The van der Waals surface area contributed by atoms with E-state index in [2.05, 4.69) is 5.92 Å². The Bertz CT molecular complexity index is 340. The summed E-state index contributed by atoms with van der Waals surface area (Å²) < 4.78 is 0. The third kappa shape index (κ3) is 2.05. The molecular weight excluding hydrogens is 216 g/mol. The topological polar surface area (TPSA) is 43.8 Å². The standard InChI is InChI=1S/C13H22N2O2/c1-6-9-14-10-12(4,5)15(17)13(7-2,8-3)11(14)16/h1,17H,7-10H2,2-5H3. The van der Waals surface area contributed by atoms with Gasteiger partial charge in [0.25, 0.3) is 0 Å². The van der Waals surface area contributed by atoms with Gasteiger partial charge in [-0.2, -0.15) is 5.06 Å². The number of hydrogen-bond acceptors (Lipinski definition) is 3. The normalized spacial score (nSPS) is 23.5. The maximum absolute atomic E-state index is 12.4.